The van der Waals surface area contributed by atoms with Gasteiger partial charge in [0.05, 0.1) is 12.7 Å². The lowest BCUT2D eigenvalue weighted by atomic mass is 10.0. The van der Waals surface area contributed by atoms with Gasteiger partial charge in [-0.3, -0.25) is 0 Å². The number of rotatable bonds is 2. The Morgan fingerprint density at radius 3 is 1.88 bits per heavy atom. The first-order valence-corrected chi connectivity index (χ1v) is 5.15. The number of hydrogen-bond acceptors (Lipinski definition) is 2. The van der Waals surface area contributed by atoms with Crippen LogP contribution in [0.1, 0.15) is 10.4 Å². The molecule has 0 spiro atoms. The van der Waals surface area contributed by atoms with Crippen LogP contribution < -0.4 is 0 Å². The topological polar surface area (TPSA) is 26.3 Å². The number of carbonyl (C=O) groups is 1. The third kappa shape index (κ3) is 2.50. The highest BCUT2D eigenvalue weighted by Crippen LogP contribution is 2.20. The summed E-state index contributed by atoms with van der Waals surface area (Å²) in [5.41, 5.74) is 2.33. The first kappa shape index (κ1) is 11.3. The standard InChI is InChI=1S/C14H11FO2/c1-17-14(16)12-4-2-10(3-5-12)11-6-8-13(15)9-7-11/h2-9H,1H3/i15-1. The zero-order valence-electron chi connectivity index (χ0n) is 9.31. The van der Waals surface area contributed by atoms with Gasteiger partial charge in [-0.05, 0) is 35.4 Å². The first-order valence-electron chi connectivity index (χ1n) is 5.15. The molecular weight excluding hydrogens is 218 g/mol. The van der Waals surface area contributed by atoms with Gasteiger partial charge in [0.25, 0.3) is 0 Å². The van der Waals surface area contributed by atoms with Crippen molar-refractivity contribution in [1.29, 1.82) is 0 Å². The fraction of sp³-hybridized carbons (Fsp3) is 0.0714. The van der Waals surface area contributed by atoms with Crippen LogP contribution in [-0.4, -0.2) is 13.1 Å². The number of hydrogen-bond donors (Lipinski definition) is 0. The number of carbonyl (C=O) groups excluding carboxylic acids is 1. The summed E-state index contributed by atoms with van der Waals surface area (Å²) in [4.78, 5) is 11.2. The van der Waals surface area contributed by atoms with Crippen LogP contribution in [0.2, 0.25) is 0 Å². The SMILES string of the molecule is COC(=O)c1ccc(-c2ccc([18F])cc2)cc1. The van der Waals surface area contributed by atoms with E-state index in [9.17, 15) is 9.18 Å². The largest absolute Gasteiger partial charge is 0.465 e. The fourth-order valence-corrected chi connectivity index (χ4v) is 1.56. The van der Waals surface area contributed by atoms with Crippen LogP contribution in [0.15, 0.2) is 48.5 Å². The highest BCUT2D eigenvalue weighted by Gasteiger charge is 2.05. The number of benzene rings is 2. The lowest BCUT2D eigenvalue weighted by Gasteiger charge is -2.03. The lowest BCUT2D eigenvalue weighted by molar-refractivity contribution is 0.0601. The molecule has 0 amide bonds. The predicted molar refractivity (Wildman–Crippen MR) is 63.2 cm³/mol. The van der Waals surface area contributed by atoms with Gasteiger partial charge in [-0.1, -0.05) is 24.3 Å². The summed E-state index contributed by atoms with van der Waals surface area (Å²) in [6.07, 6.45) is 0. The maximum absolute atomic E-state index is 12.8. The smallest absolute Gasteiger partial charge is 0.337 e. The number of esters is 1. The van der Waals surface area contributed by atoms with Crippen molar-refractivity contribution in [3.8, 4) is 11.1 Å². The molecule has 2 nitrogen and oxygen atoms in total. The summed E-state index contributed by atoms with van der Waals surface area (Å²) >= 11 is 0. The molecule has 17 heavy (non-hydrogen) atoms. The second kappa shape index (κ2) is 4.78. The molecule has 0 aliphatic rings. The monoisotopic (exact) mass is 229 g/mol. The third-order valence-electron chi connectivity index (χ3n) is 2.48. The molecule has 0 saturated heterocycles. The quantitative estimate of drug-likeness (QED) is 0.739. The summed E-state index contributed by atoms with van der Waals surface area (Å²) < 4.78 is 17.4. The Morgan fingerprint density at radius 1 is 0.941 bits per heavy atom. The van der Waals surface area contributed by atoms with Crippen LogP contribution in [0.25, 0.3) is 11.1 Å². The van der Waals surface area contributed by atoms with Crippen molar-refractivity contribution in [3.05, 3.63) is 59.9 Å². The van der Waals surface area contributed by atoms with E-state index in [2.05, 4.69) is 4.74 Å². The van der Waals surface area contributed by atoms with E-state index in [1.165, 1.54) is 19.2 Å². The highest BCUT2D eigenvalue weighted by atomic mass is 18.2. The van der Waals surface area contributed by atoms with E-state index in [1.54, 1.807) is 36.4 Å². The van der Waals surface area contributed by atoms with E-state index in [4.69, 9.17) is 0 Å². The third-order valence-corrected chi connectivity index (χ3v) is 2.48. The normalized spacial score (nSPS) is 10.0. The van der Waals surface area contributed by atoms with Crippen molar-refractivity contribution in [1.82, 2.24) is 0 Å². The van der Waals surface area contributed by atoms with Crippen molar-refractivity contribution >= 4 is 5.97 Å². The minimum absolute atomic E-state index is 0.264. The van der Waals surface area contributed by atoms with Gasteiger partial charge in [0.2, 0.25) is 0 Å². The summed E-state index contributed by atoms with van der Waals surface area (Å²) in [5.74, 6) is -0.629. The van der Waals surface area contributed by atoms with E-state index in [-0.39, 0.29) is 11.8 Å². The molecule has 0 bridgehead atoms. The zero-order chi connectivity index (χ0) is 12.3. The summed E-state index contributed by atoms with van der Waals surface area (Å²) in [6.45, 7) is 0. The number of ether oxygens (including phenoxy) is 1. The molecule has 0 unspecified atom stereocenters. The van der Waals surface area contributed by atoms with Crippen LogP contribution in [0.4, 0.5) is 4.39 Å². The lowest BCUT2D eigenvalue weighted by Crippen LogP contribution is -2.00. The van der Waals surface area contributed by atoms with Gasteiger partial charge in [0, 0.05) is 0 Å². The van der Waals surface area contributed by atoms with E-state index >= 15 is 0 Å². The van der Waals surface area contributed by atoms with Crippen molar-refractivity contribution in [3.63, 3.8) is 0 Å². The van der Waals surface area contributed by atoms with Crippen LogP contribution in [0, 0.1) is 5.82 Å². The Hall–Kier alpha value is -2.16. The molecule has 0 aliphatic heterocycles. The molecule has 0 fully saturated rings. The minimum Gasteiger partial charge on any atom is -0.465 e. The van der Waals surface area contributed by atoms with Gasteiger partial charge in [-0.15, -0.1) is 0 Å². The molecule has 0 heterocycles. The molecule has 0 aromatic heterocycles. The molecule has 0 saturated carbocycles. The Labute approximate surface area is 98.7 Å². The fourth-order valence-electron chi connectivity index (χ4n) is 1.56. The second-order valence-electron chi connectivity index (χ2n) is 3.58. The maximum atomic E-state index is 12.8. The van der Waals surface area contributed by atoms with Gasteiger partial charge < -0.3 is 4.74 Å². The molecule has 2 aromatic carbocycles. The van der Waals surface area contributed by atoms with Gasteiger partial charge in [0.1, 0.15) is 5.82 Å². The molecular formula is C14H11FO2. The molecule has 0 N–H and O–H groups in total. The molecule has 0 aliphatic carbocycles. The van der Waals surface area contributed by atoms with Gasteiger partial charge >= 0.3 is 5.97 Å². The molecule has 0 radical (unpaired) electrons. The van der Waals surface area contributed by atoms with E-state index in [0.29, 0.717) is 5.56 Å². The average molecular weight is 229 g/mol. The number of halogens is 1. The molecule has 2 aromatic rings. The van der Waals surface area contributed by atoms with Crippen molar-refractivity contribution in [2.75, 3.05) is 7.11 Å². The Morgan fingerprint density at radius 2 is 1.41 bits per heavy atom. The van der Waals surface area contributed by atoms with Crippen LogP contribution in [0.5, 0.6) is 0 Å². The van der Waals surface area contributed by atoms with Crippen LogP contribution >= 0.6 is 0 Å². The van der Waals surface area contributed by atoms with Gasteiger partial charge in [-0.2, -0.15) is 0 Å². The average Bonchev–Trinajstić information content (AvgIpc) is 2.39. The molecule has 86 valence electrons. The minimum atomic E-state index is -0.365. The maximum Gasteiger partial charge on any atom is 0.337 e. The summed E-state index contributed by atoms with van der Waals surface area (Å²) in [6, 6.07) is 13.2. The van der Waals surface area contributed by atoms with E-state index < -0.39 is 0 Å². The van der Waals surface area contributed by atoms with E-state index in [0.717, 1.165) is 11.1 Å². The second-order valence-corrected chi connectivity index (χ2v) is 3.58. The molecule has 0 atom stereocenters. The van der Waals surface area contributed by atoms with Gasteiger partial charge in [-0.25, -0.2) is 9.18 Å². The summed E-state index contributed by atoms with van der Waals surface area (Å²) in [5, 5.41) is 0. The predicted octanol–water partition coefficient (Wildman–Crippen LogP) is 3.28. The highest BCUT2D eigenvalue weighted by molar-refractivity contribution is 5.89. The van der Waals surface area contributed by atoms with Crippen LogP contribution in [0.3, 0.4) is 0 Å². The van der Waals surface area contributed by atoms with Crippen molar-refractivity contribution in [2.45, 2.75) is 0 Å². The Balaban J connectivity index is 2.29. The van der Waals surface area contributed by atoms with E-state index in [1.807, 2.05) is 0 Å². The van der Waals surface area contributed by atoms with Crippen molar-refractivity contribution < 1.29 is 13.9 Å². The van der Waals surface area contributed by atoms with Gasteiger partial charge in [0.15, 0.2) is 0 Å². The number of methoxy groups -OCH3 is 1. The first-order chi connectivity index (χ1) is 8.20. The van der Waals surface area contributed by atoms with Crippen molar-refractivity contribution in [2.24, 2.45) is 0 Å². The molecule has 3 heteroatoms. The summed E-state index contributed by atoms with van der Waals surface area (Å²) in [7, 11) is 1.34. The Kier molecular flexibility index (Phi) is 3.19. The van der Waals surface area contributed by atoms with Crippen LogP contribution in [-0.2, 0) is 4.74 Å². The molecule has 2 rings (SSSR count). The Bertz CT molecular complexity index is 515. The zero-order valence-corrected chi connectivity index (χ0v) is 9.31.